The molecule has 0 aliphatic carbocycles. The van der Waals surface area contributed by atoms with Gasteiger partial charge in [0.25, 0.3) is 0 Å². The van der Waals surface area contributed by atoms with Crippen LogP contribution in [0.1, 0.15) is 11.8 Å². The monoisotopic (exact) mass is 182 g/mol. The molecule has 0 fully saturated rings. The topological polar surface area (TPSA) is 72.3 Å². The second-order valence-corrected chi connectivity index (χ2v) is 2.41. The average molecular weight is 182 g/mol. The molecule has 0 saturated carbocycles. The molecule has 69 valence electrons. The molecular weight excluding hydrogens is 174 g/mol. The fourth-order valence-corrected chi connectivity index (χ4v) is 0.890. The van der Waals surface area contributed by atoms with Gasteiger partial charge >= 0.3 is 6.23 Å². The minimum atomic E-state index is -1.91. The second-order valence-electron chi connectivity index (χ2n) is 2.41. The number of methoxy groups -OCH3 is 1. The zero-order valence-electron chi connectivity index (χ0n) is 6.97. The molecule has 5 nitrogen and oxygen atoms in total. The molecule has 1 atom stereocenters. The van der Waals surface area contributed by atoms with E-state index in [4.69, 9.17) is 4.74 Å². The molecule has 0 saturated heterocycles. The normalized spacial score (nSPS) is 12.2. The Morgan fingerprint density at radius 3 is 2.31 bits per heavy atom. The summed E-state index contributed by atoms with van der Waals surface area (Å²) in [5.74, 6) is 0.569. The molecule has 0 aliphatic rings. The van der Waals surface area contributed by atoms with Crippen molar-refractivity contribution in [3.05, 3.63) is 39.9 Å². The highest BCUT2D eigenvalue weighted by Gasteiger charge is 2.19. The van der Waals surface area contributed by atoms with Gasteiger partial charge in [-0.1, -0.05) is 0 Å². The molecule has 0 aliphatic heterocycles. The van der Waals surface area contributed by atoms with Crippen LogP contribution in [0, 0.1) is 10.1 Å². The lowest BCUT2D eigenvalue weighted by Crippen LogP contribution is -2.07. The summed E-state index contributed by atoms with van der Waals surface area (Å²) in [6, 6.07) is 5.81. The van der Waals surface area contributed by atoms with E-state index in [2.05, 4.69) is 0 Å². The van der Waals surface area contributed by atoms with Gasteiger partial charge in [-0.25, -0.2) is 0 Å². The van der Waals surface area contributed by atoms with Crippen molar-refractivity contribution in [1.82, 2.24) is 0 Å². The summed E-state index contributed by atoms with van der Waals surface area (Å²) in [4.78, 5) is 9.24. The maximum atomic E-state index is 10.9. The molecule has 1 aromatic carbocycles. The third-order valence-electron chi connectivity index (χ3n) is 1.59. The minimum absolute atomic E-state index is 0.130. The van der Waals surface area contributed by atoms with Crippen LogP contribution >= 0.6 is 0 Å². The number of hydrogen-bond acceptors (Lipinski definition) is 3. The van der Waals surface area contributed by atoms with E-state index in [-0.39, 0.29) is 5.56 Å². The standard InChI is InChI=1S/C8H8NO4/c1-13-7-4-2-6(3-5-7)8(10)9(11)12/h2-5,8H,1H3. The van der Waals surface area contributed by atoms with Gasteiger partial charge in [0.15, 0.2) is 0 Å². The lowest BCUT2D eigenvalue weighted by atomic mass is 10.2. The van der Waals surface area contributed by atoms with Gasteiger partial charge in [0.1, 0.15) is 5.75 Å². The fraction of sp³-hybridized carbons (Fsp3) is 0.250. The van der Waals surface area contributed by atoms with Gasteiger partial charge in [-0.3, -0.25) is 10.1 Å². The Morgan fingerprint density at radius 2 is 1.92 bits per heavy atom. The summed E-state index contributed by atoms with van der Waals surface area (Å²) in [6.45, 7) is 0. The van der Waals surface area contributed by atoms with Crippen LogP contribution in [0.4, 0.5) is 0 Å². The Morgan fingerprint density at radius 1 is 1.38 bits per heavy atom. The fourth-order valence-electron chi connectivity index (χ4n) is 0.890. The van der Waals surface area contributed by atoms with Crippen molar-refractivity contribution in [3.8, 4) is 5.75 Å². The Kier molecular flexibility index (Phi) is 2.81. The van der Waals surface area contributed by atoms with E-state index in [0.717, 1.165) is 0 Å². The van der Waals surface area contributed by atoms with Crippen LogP contribution in [0.15, 0.2) is 24.3 Å². The smallest absolute Gasteiger partial charge is 0.368 e. The average Bonchev–Trinajstić information content (AvgIpc) is 2.17. The largest absolute Gasteiger partial charge is 0.497 e. The van der Waals surface area contributed by atoms with E-state index in [1.807, 2.05) is 0 Å². The molecule has 13 heavy (non-hydrogen) atoms. The highest BCUT2D eigenvalue weighted by Crippen LogP contribution is 2.17. The van der Waals surface area contributed by atoms with Crippen molar-refractivity contribution in [2.45, 2.75) is 6.23 Å². The van der Waals surface area contributed by atoms with Gasteiger partial charge in [-0.05, 0) is 24.3 Å². The summed E-state index contributed by atoms with van der Waals surface area (Å²) >= 11 is 0. The summed E-state index contributed by atoms with van der Waals surface area (Å²) in [7, 11) is 1.48. The SMILES string of the molecule is COc1ccc(C([O])[N+](=O)[O-])cc1. The zero-order chi connectivity index (χ0) is 9.84. The molecule has 5 heteroatoms. The summed E-state index contributed by atoms with van der Waals surface area (Å²) in [5, 5.41) is 21.0. The van der Waals surface area contributed by atoms with E-state index in [9.17, 15) is 15.2 Å². The molecule has 0 N–H and O–H groups in total. The Bertz CT molecular complexity index is 296. The predicted molar refractivity (Wildman–Crippen MR) is 43.4 cm³/mol. The number of nitrogens with zero attached hydrogens (tertiary/aromatic N) is 1. The first-order valence-electron chi connectivity index (χ1n) is 3.58. The lowest BCUT2D eigenvalue weighted by Gasteiger charge is -2.02. The first kappa shape index (κ1) is 9.47. The Hall–Kier alpha value is -1.62. The molecule has 1 aromatic rings. The van der Waals surface area contributed by atoms with Gasteiger partial charge in [0, 0.05) is 0 Å². The minimum Gasteiger partial charge on any atom is -0.497 e. The van der Waals surface area contributed by atoms with Gasteiger partial charge in [-0.2, -0.15) is 0 Å². The van der Waals surface area contributed by atoms with Crippen molar-refractivity contribution in [1.29, 1.82) is 0 Å². The van der Waals surface area contributed by atoms with E-state index < -0.39 is 11.2 Å². The van der Waals surface area contributed by atoms with Crippen molar-refractivity contribution in [2.24, 2.45) is 0 Å². The van der Waals surface area contributed by atoms with Crippen molar-refractivity contribution < 1.29 is 14.8 Å². The van der Waals surface area contributed by atoms with E-state index in [1.54, 1.807) is 0 Å². The van der Waals surface area contributed by atoms with Crippen molar-refractivity contribution >= 4 is 0 Å². The van der Waals surface area contributed by atoms with Crippen LogP contribution in [-0.4, -0.2) is 12.0 Å². The molecule has 0 heterocycles. The van der Waals surface area contributed by atoms with Crippen LogP contribution in [-0.2, 0) is 5.11 Å². The molecular formula is C8H8NO4. The first-order valence-corrected chi connectivity index (χ1v) is 3.58. The number of benzene rings is 1. The number of rotatable bonds is 3. The highest BCUT2D eigenvalue weighted by atomic mass is 16.7. The Labute approximate surface area is 74.7 Å². The van der Waals surface area contributed by atoms with Gasteiger partial charge in [-0.15, -0.1) is 5.11 Å². The quantitative estimate of drug-likeness (QED) is 0.403. The highest BCUT2D eigenvalue weighted by molar-refractivity contribution is 5.27. The molecule has 1 rings (SSSR count). The number of ether oxygens (including phenoxy) is 1. The van der Waals surface area contributed by atoms with Crippen LogP contribution in [0.5, 0.6) is 5.75 Å². The van der Waals surface area contributed by atoms with Crippen LogP contribution in [0.3, 0.4) is 0 Å². The van der Waals surface area contributed by atoms with E-state index >= 15 is 0 Å². The second kappa shape index (κ2) is 3.86. The Balaban J connectivity index is 2.85. The maximum Gasteiger partial charge on any atom is 0.368 e. The molecule has 0 aromatic heterocycles. The predicted octanol–water partition coefficient (Wildman–Crippen LogP) is 1.40. The van der Waals surface area contributed by atoms with Gasteiger partial charge < -0.3 is 4.74 Å². The van der Waals surface area contributed by atoms with Crippen molar-refractivity contribution in [2.75, 3.05) is 7.11 Å². The first-order chi connectivity index (χ1) is 6.15. The summed E-state index contributed by atoms with van der Waals surface area (Å²) in [6.07, 6.45) is -1.91. The van der Waals surface area contributed by atoms with Crippen molar-refractivity contribution in [3.63, 3.8) is 0 Å². The molecule has 0 spiro atoms. The number of nitro groups is 1. The molecule has 1 unspecified atom stereocenters. The lowest BCUT2D eigenvalue weighted by molar-refractivity contribution is -0.589. The molecule has 1 radical (unpaired) electrons. The van der Waals surface area contributed by atoms with Gasteiger partial charge in [0.2, 0.25) is 0 Å². The van der Waals surface area contributed by atoms with Crippen LogP contribution in [0.2, 0.25) is 0 Å². The summed E-state index contributed by atoms with van der Waals surface area (Å²) < 4.78 is 4.84. The molecule has 0 amide bonds. The van der Waals surface area contributed by atoms with E-state index in [1.165, 1.54) is 31.4 Å². The van der Waals surface area contributed by atoms with Crippen LogP contribution in [0.25, 0.3) is 0 Å². The zero-order valence-corrected chi connectivity index (χ0v) is 6.97. The summed E-state index contributed by atoms with van der Waals surface area (Å²) in [5.41, 5.74) is 0.130. The van der Waals surface area contributed by atoms with Crippen LogP contribution < -0.4 is 4.74 Å². The maximum absolute atomic E-state index is 10.9. The third kappa shape index (κ3) is 2.16. The number of hydrogen-bond donors (Lipinski definition) is 0. The molecule has 0 bridgehead atoms. The van der Waals surface area contributed by atoms with E-state index in [0.29, 0.717) is 5.75 Å². The third-order valence-corrected chi connectivity index (χ3v) is 1.59. The van der Waals surface area contributed by atoms with Gasteiger partial charge in [0.05, 0.1) is 17.6 Å².